The predicted molar refractivity (Wildman–Crippen MR) is 87.4 cm³/mol. The van der Waals surface area contributed by atoms with Crippen LogP contribution in [0.4, 0.5) is 0 Å². The molecule has 0 aliphatic heterocycles. The summed E-state index contributed by atoms with van der Waals surface area (Å²) in [6.07, 6.45) is 6.27. The standard InChI is InChI=1S/C20H24O3/c1-20-9-8-15-14-4-2-12(11-19(22)23)10-13(14)3-5-16(15)17(20)6-7-18(20)21/h2,4,10,15-17H,3,5-9,11H2,1H3,(H,22,23)/t15-,16-,17+,20+/m1/s1. The summed E-state index contributed by atoms with van der Waals surface area (Å²) in [6, 6.07) is 6.26. The lowest BCUT2D eigenvalue weighted by molar-refractivity contribution is -0.136. The van der Waals surface area contributed by atoms with Gasteiger partial charge in [0.2, 0.25) is 0 Å². The molecule has 4 atom stereocenters. The topological polar surface area (TPSA) is 54.4 Å². The lowest BCUT2D eigenvalue weighted by Crippen LogP contribution is -2.42. The van der Waals surface area contributed by atoms with E-state index in [4.69, 9.17) is 5.11 Å². The summed E-state index contributed by atoms with van der Waals surface area (Å²) in [4.78, 5) is 23.3. The fourth-order valence-electron chi connectivity index (χ4n) is 5.69. The Hall–Kier alpha value is -1.64. The van der Waals surface area contributed by atoms with Crippen LogP contribution in [0.2, 0.25) is 0 Å². The van der Waals surface area contributed by atoms with Gasteiger partial charge in [0, 0.05) is 11.8 Å². The number of hydrogen-bond acceptors (Lipinski definition) is 2. The molecule has 0 unspecified atom stereocenters. The van der Waals surface area contributed by atoms with Crippen LogP contribution in [0.25, 0.3) is 0 Å². The molecule has 3 aliphatic carbocycles. The Balaban J connectivity index is 1.65. The second-order valence-corrected chi connectivity index (χ2v) is 7.94. The van der Waals surface area contributed by atoms with Crippen LogP contribution in [0.3, 0.4) is 0 Å². The third-order valence-corrected chi connectivity index (χ3v) is 6.86. The normalized spacial score (nSPS) is 35.3. The Bertz CT molecular complexity index is 677. The molecule has 0 spiro atoms. The van der Waals surface area contributed by atoms with Crippen molar-refractivity contribution in [3.8, 4) is 0 Å². The molecule has 3 heteroatoms. The summed E-state index contributed by atoms with van der Waals surface area (Å²) < 4.78 is 0. The molecule has 3 aliphatic rings. The maximum atomic E-state index is 12.3. The number of fused-ring (bicyclic) bond motifs is 5. The van der Waals surface area contributed by atoms with Gasteiger partial charge in [0.25, 0.3) is 0 Å². The van der Waals surface area contributed by atoms with Crippen LogP contribution < -0.4 is 0 Å². The maximum absolute atomic E-state index is 12.3. The molecular weight excluding hydrogens is 288 g/mol. The second-order valence-electron chi connectivity index (χ2n) is 7.94. The van der Waals surface area contributed by atoms with Gasteiger partial charge in [0.05, 0.1) is 6.42 Å². The number of rotatable bonds is 2. The molecule has 4 rings (SSSR count). The number of carbonyl (C=O) groups is 2. The molecule has 0 amide bonds. The van der Waals surface area contributed by atoms with Crippen molar-refractivity contribution in [1.29, 1.82) is 0 Å². The van der Waals surface area contributed by atoms with E-state index in [-0.39, 0.29) is 11.8 Å². The molecule has 23 heavy (non-hydrogen) atoms. The highest BCUT2D eigenvalue weighted by atomic mass is 16.4. The molecule has 3 nitrogen and oxygen atoms in total. The Kier molecular flexibility index (Phi) is 3.36. The van der Waals surface area contributed by atoms with Crippen LogP contribution >= 0.6 is 0 Å². The minimum Gasteiger partial charge on any atom is -0.481 e. The molecule has 0 bridgehead atoms. The fraction of sp³-hybridized carbons (Fsp3) is 0.600. The smallest absolute Gasteiger partial charge is 0.307 e. The molecule has 0 radical (unpaired) electrons. The van der Waals surface area contributed by atoms with E-state index < -0.39 is 5.97 Å². The molecule has 0 saturated heterocycles. The number of aryl methyl sites for hydroxylation is 1. The highest BCUT2D eigenvalue weighted by Gasteiger charge is 2.54. The summed E-state index contributed by atoms with van der Waals surface area (Å²) in [7, 11) is 0. The first kappa shape index (κ1) is 14.9. The Morgan fingerprint density at radius 3 is 2.87 bits per heavy atom. The monoisotopic (exact) mass is 312 g/mol. The van der Waals surface area contributed by atoms with Gasteiger partial charge >= 0.3 is 5.97 Å². The van der Waals surface area contributed by atoms with E-state index in [2.05, 4.69) is 19.1 Å². The number of benzene rings is 1. The van der Waals surface area contributed by atoms with Gasteiger partial charge < -0.3 is 5.11 Å². The van der Waals surface area contributed by atoms with Crippen molar-refractivity contribution in [3.63, 3.8) is 0 Å². The average Bonchev–Trinajstić information content (AvgIpc) is 2.82. The van der Waals surface area contributed by atoms with Crippen molar-refractivity contribution in [1.82, 2.24) is 0 Å². The van der Waals surface area contributed by atoms with Gasteiger partial charge in [0.15, 0.2) is 0 Å². The maximum Gasteiger partial charge on any atom is 0.307 e. The highest BCUT2D eigenvalue weighted by molar-refractivity contribution is 5.87. The molecule has 1 aromatic rings. The summed E-state index contributed by atoms with van der Waals surface area (Å²) in [5.41, 5.74) is 3.61. The summed E-state index contributed by atoms with van der Waals surface area (Å²) in [5.74, 6) is 1.49. The van der Waals surface area contributed by atoms with Crippen molar-refractivity contribution in [2.24, 2.45) is 17.3 Å². The zero-order valence-electron chi connectivity index (χ0n) is 13.7. The SMILES string of the molecule is C[C@]12CC[C@@H]3c4ccc(CC(=O)O)cc4CC[C@H]3[C@@H]1CCC2=O. The molecule has 0 heterocycles. The minimum absolute atomic E-state index is 0.0675. The number of carboxylic acids is 1. The zero-order chi connectivity index (χ0) is 16.2. The largest absolute Gasteiger partial charge is 0.481 e. The van der Waals surface area contributed by atoms with Gasteiger partial charge in [-0.15, -0.1) is 0 Å². The van der Waals surface area contributed by atoms with E-state index in [0.717, 1.165) is 44.1 Å². The molecule has 122 valence electrons. The fourth-order valence-corrected chi connectivity index (χ4v) is 5.69. The number of hydrogen-bond donors (Lipinski definition) is 1. The van der Waals surface area contributed by atoms with Crippen LogP contribution in [-0.4, -0.2) is 16.9 Å². The first-order valence-electron chi connectivity index (χ1n) is 8.86. The predicted octanol–water partition coefficient (Wildman–Crippen LogP) is 3.74. The Morgan fingerprint density at radius 1 is 1.26 bits per heavy atom. The lowest BCUT2D eigenvalue weighted by Gasteiger charge is -2.48. The molecule has 2 saturated carbocycles. The number of aliphatic carboxylic acids is 1. The third-order valence-electron chi connectivity index (χ3n) is 6.86. The number of carbonyl (C=O) groups excluding carboxylic acids is 1. The first-order valence-corrected chi connectivity index (χ1v) is 8.86. The summed E-state index contributed by atoms with van der Waals surface area (Å²) >= 11 is 0. The van der Waals surface area contributed by atoms with Gasteiger partial charge in [-0.05, 0) is 66.5 Å². The van der Waals surface area contributed by atoms with Crippen molar-refractivity contribution < 1.29 is 14.7 Å². The molecular formula is C20H24O3. The van der Waals surface area contributed by atoms with Gasteiger partial charge in [-0.2, -0.15) is 0 Å². The van der Waals surface area contributed by atoms with E-state index in [1.54, 1.807) is 0 Å². The summed E-state index contributed by atoms with van der Waals surface area (Å²) in [5, 5.41) is 8.98. The van der Waals surface area contributed by atoms with Crippen LogP contribution in [0.5, 0.6) is 0 Å². The van der Waals surface area contributed by atoms with Crippen LogP contribution in [-0.2, 0) is 22.4 Å². The van der Waals surface area contributed by atoms with Crippen molar-refractivity contribution >= 4 is 11.8 Å². The van der Waals surface area contributed by atoms with Crippen LogP contribution in [0.15, 0.2) is 18.2 Å². The van der Waals surface area contributed by atoms with Gasteiger partial charge in [-0.1, -0.05) is 25.1 Å². The van der Waals surface area contributed by atoms with E-state index in [9.17, 15) is 9.59 Å². The minimum atomic E-state index is -0.767. The van der Waals surface area contributed by atoms with Gasteiger partial charge in [-0.3, -0.25) is 9.59 Å². The van der Waals surface area contributed by atoms with Crippen LogP contribution in [0.1, 0.15) is 61.6 Å². The first-order chi connectivity index (χ1) is 11.0. The molecule has 1 aromatic carbocycles. The number of carboxylic acid groups (broad SMARTS) is 1. The molecule has 0 aromatic heterocycles. The third kappa shape index (κ3) is 2.24. The number of ketones is 1. The van der Waals surface area contributed by atoms with E-state index in [0.29, 0.717) is 23.5 Å². The van der Waals surface area contributed by atoms with E-state index >= 15 is 0 Å². The average molecular weight is 312 g/mol. The van der Waals surface area contributed by atoms with Crippen molar-refractivity contribution in [2.75, 3.05) is 0 Å². The van der Waals surface area contributed by atoms with Gasteiger partial charge in [0.1, 0.15) is 5.78 Å². The quantitative estimate of drug-likeness (QED) is 0.905. The molecule has 2 fully saturated rings. The molecule has 1 N–H and O–H groups in total. The van der Waals surface area contributed by atoms with E-state index in [1.807, 2.05) is 6.07 Å². The lowest BCUT2D eigenvalue weighted by atomic mass is 9.55. The second kappa shape index (κ2) is 5.19. The van der Waals surface area contributed by atoms with Gasteiger partial charge in [-0.25, -0.2) is 0 Å². The Labute approximate surface area is 137 Å². The van der Waals surface area contributed by atoms with Crippen molar-refractivity contribution in [3.05, 3.63) is 34.9 Å². The summed E-state index contributed by atoms with van der Waals surface area (Å²) in [6.45, 7) is 2.20. The van der Waals surface area contributed by atoms with Crippen molar-refractivity contribution in [2.45, 2.75) is 57.8 Å². The van der Waals surface area contributed by atoms with Crippen LogP contribution in [0, 0.1) is 17.3 Å². The zero-order valence-corrected chi connectivity index (χ0v) is 13.7. The number of Topliss-reactive ketones (excluding diaryl/α,β-unsaturated/α-hetero) is 1. The highest BCUT2D eigenvalue weighted by Crippen LogP contribution is 2.59. The van der Waals surface area contributed by atoms with E-state index in [1.165, 1.54) is 11.1 Å². The Morgan fingerprint density at radius 2 is 2.09 bits per heavy atom.